The number of aromatic nitrogens is 2. The van der Waals surface area contributed by atoms with Crippen molar-refractivity contribution < 1.29 is 14.3 Å². The highest BCUT2D eigenvalue weighted by Crippen LogP contribution is 2.33. The van der Waals surface area contributed by atoms with Crippen molar-refractivity contribution in [3.05, 3.63) is 54.4 Å². The predicted molar refractivity (Wildman–Crippen MR) is 100 cm³/mol. The highest BCUT2D eigenvalue weighted by Gasteiger charge is 2.25. The molecule has 2 aliphatic rings. The average Bonchev–Trinajstić information content (AvgIpc) is 3.21. The number of hydrogen-bond donors (Lipinski definition) is 0. The van der Waals surface area contributed by atoms with Gasteiger partial charge in [0.1, 0.15) is 12.1 Å². The predicted octanol–water partition coefficient (Wildman–Crippen LogP) is 2.32. The maximum absolute atomic E-state index is 12.8. The molecule has 0 spiro atoms. The van der Waals surface area contributed by atoms with Crippen molar-refractivity contribution in [1.29, 1.82) is 0 Å². The van der Waals surface area contributed by atoms with E-state index in [0.717, 1.165) is 29.8 Å². The van der Waals surface area contributed by atoms with E-state index in [9.17, 15) is 4.79 Å². The maximum atomic E-state index is 12.8. The fraction of sp³-hybridized carbons (Fsp3) is 0.250. The molecule has 7 heteroatoms. The van der Waals surface area contributed by atoms with Crippen molar-refractivity contribution in [2.75, 3.05) is 37.9 Å². The van der Waals surface area contributed by atoms with Gasteiger partial charge in [-0.2, -0.15) is 0 Å². The molecule has 0 saturated carbocycles. The van der Waals surface area contributed by atoms with Crippen LogP contribution in [0.4, 0.5) is 5.82 Å². The molecule has 27 heavy (non-hydrogen) atoms. The molecule has 0 aliphatic carbocycles. The van der Waals surface area contributed by atoms with E-state index < -0.39 is 0 Å². The Morgan fingerprint density at radius 2 is 1.74 bits per heavy atom. The zero-order valence-electron chi connectivity index (χ0n) is 14.7. The minimum absolute atomic E-state index is 0.0143. The zero-order valence-corrected chi connectivity index (χ0v) is 14.7. The standard InChI is InChI=1S/C20H18N4O3/c25-20(14-5-6-17-18(11-14)27-13-26-17)24-9-7-23(8-10-24)19-15-3-1-2-4-16(15)21-12-22-19/h1-6,11-12H,7-10,13H2. The third-order valence-corrected chi connectivity index (χ3v) is 5.01. The van der Waals surface area contributed by atoms with E-state index in [2.05, 4.69) is 14.9 Å². The van der Waals surface area contributed by atoms with Crippen molar-refractivity contribution in [2.45, 2.75) is 0 Å². The van der Waals surface area contributed by atoms with Gasteiger partial charge in [-0.05, 0) is 30.3 Å². The number of amides is 1. The van der Waals surface area contributed by atoms with Crippen LogP contribution in [-0.4, -0.2) is 53.7 Å². The van der Waals surface area contributed by atoms with Crippen molar-refractivity contribution in [3.63, 3.8) is 0 Å². The number of para-hydroxylation sites is 1. The van der Waals surface area contributed by atoms with Crippen LogP contribution < -0.4 is 14.4 Å². The summed E-state index contributed by atoms with van der Waals surface area (Å²) in [4.78, 5) is 25.7. The van der Waals surface area contributed by atoms with Crippen LogP contribution in [0.15, 0.2) is 48.8 Å². The van der Waals surface area contributed by atoms with Crippen LogP contribution in [0, 0.1) is 0 Å². The number of nitrogens with zero attached hydrogens (tertiary/aromatic N) is 4. The van der Waals surface area contributed by atoms with Crippen molar-refractivity contribution in [1.82, 2.24) is 14.9 Å². The van der Waals surface area contributed by atoms with Gasteiger partial charge in [0.2, 0.25) is 6.79 Å². The van der Waals surface area contributed by atoms with Gasteiger partial charge < -0.3 is 19.3 Å². The monoisotopic (exact) mass is 362 g/mol. The first-order valence-electron chi connectivity index (χ1n) is 8.93. The molecule has 1 aromatic heterocycles. The van der Waals surface area contributed by atoms with Crippen LogP contribution in [0.3, 0.4) is 0 Å². The van der Waals surface area contributed by atoms with Gasteiger partial charge in [0, 0.05) is 37.1 Å². The molecule has 1 saturated heterocycles. The number of piperazine rings is 1. The quantitative estimate of drug-likeness (QED) is 0.697. The van der Waals surface area contributed by atoms with Crippen molar-refractivity contribution >= 4 is 22.6 Å². The molecule has 5 rings (SSSR count). The number of rotatable bonds is 2. The second-order valence-corrected chi connectivity index (χ2v) is 6.56. The Hall–Kier alpha value is -3.35. The normalized spacial score (nSPS) is 16.0. The minimum Gasteiger partial charge on any atom is -0.454 e. The number of carbonyl (C=O) groups is 1. The van der Waals surface area contributed by atoms with E-state index in [-0.39, 0.29) is 12.7 Å². The van der Waals surface area contributed by atoms with E-state index in [1.54, 1.807) is 24.5 Å². The molecule has 0 bridgehead atoms. The van der Waals surface area contributed by atoms with E-state index >= 15 is 0 Å². The van der Waals surface area contributed by atoms with Gasteiger partial charge in [0.15, 0.2) is 11.5 Å². The van der Waals surface area contributed by atoms with Crippen LogP contribution in [-0.2, 0) is 0 Å². The smallest absolute Gasteiger partial charge is 0.254 e. The summed E-state index contributed by atoms with van der Waals surface area (Å²) in [5.74, 6) is 2.26. The zero-order chi connectivity index (χ0) is 18.2. The molecule has 0 atom stereocenters. The molecule has 0 unspecified atom stereocenters. The molecule has 3 heterocycles. The van der Waals surface area contributed by atoms with Crippen LogP contribution in [0.25, 0.3) is 10.9 Å². The van der Waals surface area contributed by atoms with E-state index in [1.165, 1.54) is 0 Å². The number of ether oxygens (including phenoxy) is 2. The lowest BCUT2D eigenvalue weighted by Crippen LogP contribution is -2.49. The van der Waals surface area contributed by atoms with Gasteiger partial charge in [-0.3, -0.25) is 4.79 Å². The number of fused-ring (bicyclic) bond motifs is 2. The summed E-state index contributed by atoms with van der Waals surface area (Å²) < 4.78 is 10.7. The van der Waals surface area contributed by atoms with Crippen LogP contribution in [0.5, 0.6) is 11.5 Å². The van der Waals surface area contributed by atoms with Crippen molar-refractivity contribution in [3.8, 4) is 11.5 Å². The SMILES string of the molecule is O=C(c1ccc2c(c1)OCO2)N1CCN(c2ncnc3ccccc23)CC1. The summed E-state index contributed by atoms with van der Waals surface area (Å²) in [6.45, 7) is 2.96. The van der Waals surface area contributed by atoms with Gasteiger partial charge in [-0.25, -0.2) is 9.97 Å². The van der Waals surface area contributed by atoms with Crippen molar-refractivity contribution in [2.24, 2.45) is 0 Å². The summed E-state index contributed by atoms with van der Waals surface area (Å²) in [5.41, 5.74) is 1.56. The Morgan fingerprint density at radius 3 is 2.63 bits per heavy atom. The number of benzene rings is 2. The van der Waals surface area contributed by atoms with Gasteiger partial charge in [-0.15, -0.1) is 0 Å². The summed E-state index contributed by atoms with van der Waals surface area (Å²) in [6, 6.07) is 13.3. The van der Waals surface area contributed by atoms with Crippen LogP contribution in [0.2, 0.25) is 0 Å². The highest BCUT2D eigenvalue weighted by molar-refractivity contribution is 5.95. The molecule has 0 N–H and O–H groups in total. The van der Waals surface area contributed by atoms with Crippen LogP contribution in [0.1, 0.15) is 10.4 Å². The molecule has 1 amide bonds. The molecule has 0 radical (unpaired) electrons. The third-order valence-electron chi connectivity index (χ3n) is 5.01. The molecular weight excluding hydrogens is 344 g/mol. The average molecular weight is 362 g/mol. The molecule has 7 nitrogen and oxygen atoms in total. The molecule has 2 aromatic carbocycles. The fourth-order valence-corrected chi connectivity index (χ4v) is 3.58. The Labute approximate surface area is 156 Å². The Kier molecular flexibility index (Phi) is 3.78. The number of anilines is 1. The lowest BCUT2D eigenvalue weighted by molar-refractivity contribution is 0.0746. The topological polar surface area (TPSA) is 67.8 Å². The molecule has 3 aromatic rings. The number of carbonyl (C=O) groups excluding carboxylic acids is 1. The number of hydrogen-bond acceptors (Lipinski definition) is 6. The van der Waals surface area contributed by atoms with E-state index in [0.29, 0.717) is 30.2 Å². The van der Waals surface area contributed by atoms with Gasteiger partial charge in [0.05, 0.1) is 5.52 Å². The molecular formula is C20H18N4O3. The summed E-state index contributed by atoms with van der Waals surface area (Å²) in [6.07, 6.45) is 1.60. The fourth-order valence-electron chi connectivity index (χ4n) is 3.58. The summed E-state index contributed by atoms with van der Waals surface area (Å²) >= 11 is 0. The first-order valence-corrected chi connectivity index (χ1v) is 8.93. The first kappa shape index (κ1) is 15.9. The largest absolute Gasteiger partial charge is 0.454 e. The van der Waals surface area contributed by atoms with Crippen LogP contribution >= 0.6 is 0 Å². The minimum atomic E-state index is 0.0143. The highest BCUT2D eigenvalue weighted by atomic mass is 16.7. The molecule has 136 valence electrons. The summed E-state index contributed by atoms with van der Waals surface area (Å²) in [5, 5.41) is 1.04. The van der Waals surface area contributed by atoms with Gasteiger partial charge >= 0.3 is 0 Å². The third kappa shape index (κ3) is 2.81. The second-order valence-electron chi connectivity index (χ2n) is 6.56. The second kappa shape index (κ2) is 6.42. The first-order chi connectivity index (χ1) is 13.3. The van der Waals surface area contributed by atoms with E-state index in [4.69, 9.17) is 9.47 Å². The summed E-state index contributed by atoms with van der Waals surface area (Å²) in [7, 11) is 0. The Balaban J connectivity index is 1.32. The lowest BCUT2D eigenvalue weighted by Gasteiger charge is -2.35. The van der Waals surface area contributed by atoms with Gasteiger partial charge in [-0.1, -0.05) is 12.1 Å². The molecule has 1 fully saturated rings. The maximum Gasteiger partial charge on any atom is 0.254 e. The van der Waals surface area contributed by atoms with Gasteiger partial charge in [0.25, 0.3) is 5.91 Å². The lowest BCUT2D eigenvalue weighted by atomic mass is 10.1. The Morgan fingerprint density at radius 1 is 0.926 bits per heavy atom. The Bertz CT molecular complexity index is 1010. The van der Waals surface area contributed by atoms with E-state index in [1.807, 2.05) is 29.2 Å². The molecule has 2 aliphatic heterocycles.